The van der Waals surface area contributed by atoms with E-state index >= 15 is 0 Å². The molecule has 0 aliphatic heterocycles. The van der Waals surface area contributed by atoms with Gasteiger partial charge in [0, 0.05) is 47.2 Å². The number of nitrogens with two attached hydrogens (primary N) is 1. The molecule has 0 saturated carbocycles. The van der Waals surface area contributed by atoms with Crippen LogP contribution in [0, 0.1) is 6.92 Å². The van der Waals surface area contributed by atoms with E-state index in [-0.39, 0.29) is 5.91 Å². The van der Waals surface area contributed by atoms with E-state index in [0.717, 1.165) is 28.1 Å². The van der Waals surface area contributed by atoms with E-state index in [1.807, 2.05) is 51.1 Å². The van der Waals surface area contributed by atoms with Crippen LogP contribution in [0.2, 0.25) is 0 Å². The number of aryl methyl sites for hydroxylation is 1. The van der Waals surface area contributed by atoms with E-state index in [0.29, 0.717) is 24.5 Å². The number of aromatic nitrogens is 3. The first-order chi connectivity index (χ1) is 13.0. The summed E-state index contributed by atoms with van der Waals surface area (Å²) in [5.74, 6) is 0.477. The second-order valence-corrected chi connectivity index (χ2v) is 6.21. The summed E-state index contributed by atoms with van der Waals surface area (Å²) in [6.07, 6.45) is 3.26. The third-order valence-corrected chi connectivity index (χ3v) is 4.55. The van der Waals surface area contributed by atoms with Crippen LogP contribution in [0.1, 0.15) is 29.9 Å². The minimum Gasteiger partial charge on any atom is -0.384 e. The SMILES string of the molecule is CCN(CC)C(=O)c1cccc(-c2ncnc(C)c2-c2ccc(N)nc2)c1. The molecule has 0 atom stereocenters. The molecule has 6 heteroatoms. The van der Waals surface area contributed by atoms with Crippen molar-refractivity contribution in [3.05, 3.63) is 60.2 Å². The number of nitrogen functional groups attached to an aromatic ring is 1. The zero-order valence-electron chi connectivity index (χ0n) is 15.8. The first-order valence-corrected chi connectivity index (χ1v) is 8.98. The zero-order chi connectivity index (χ0) is 19.4. The van der Waals surface area contributed by atoms with Gasteiger partial charge in [0.05, 0.1) is 5.69 Å². The highest BCUT2D eigenvalue weighted by atomic mass is 16.2. The van der Waals surface area contributed by atoms with Crippen LogP contribution >= 0.6 is 0 Å². The Morgan fingerprint density at radius 1 is 1.04 bits per heavy atom. The fourth-order valence-electron chi connectivity index (χ4n) is 3.08. The van der Waals surface area contributed by atoms with Crippen molar-refractivity contribution < 1.29 is 4.79 Å². The third kappa shape index (κ3) is 3.79. The van der Waals surface area contributed by atoms with Crippen molar-refractivity contribution in [2.24, 2.45) is 0 Å². The van der Waals surface area contributed by atoms with Gasteiger partial charge in [-0.05, 0) is 45.0 Å². The van der Waals surface area contributed by atoms with Crippen molar-refractivity contribution >= 4 is 11.7 Å². The van der Waals surface area contributed by atoms with Gasteiger partial charge in [-0.25, -0.2) is 15.0 Å². The number of amides is 1. The Labute approximate surface area is 159 Å². The van der Waals surface area contributed by atoms with E-state index in [4.69, 9.17) is 5.73 Å². The molecular formula is C21H23N5O. The molecule has 138 valence electrons. The molecule has 0 saturated heterocycles. The van der Waals surface area contributed by atoms with Crippen LogP contribution in [-0.4, -0.2) is 38.8 Å². The molecule has 0 unspecified atom stereocenters. The molecule has 0 aliphatic carbocycles. The number of hydrogen-bond acceptors (Lipinski definition) is 5. The number of carbonyl (C=O) groups is 1. The molecule has 3 rings (SSSR count). The monoisotopic (exact) mass is 361 g/mol. The van der Waals surface area contributed by atoms with Gasteiger partial charge in [-0.1, -0.05) is 12.1 Å². The topological polar surface area (TPSA) is 85.0 Å². The minimum absolute atomic E-state index is 0.0170. The largest absolute Gasteiger partial charge is 0.384 e. The Kier molecular flexibility index (Phi) is 5.45. The van der Waals surface area contributed by atoms with Crippen LogP contribution in [0.25, 0.3) is 22.4 Å². The molecule has 0 fully saturated rings. The molecule has 1 aromatic carbocycles. The second kappa shape index (κ2) is 7.95. The van der Waals surface area contributed by atoms with Crippen molar-refractivity contribution in [1.29, 1.82) is 0 Å². The first-order valence-electron chi connectivity index (χ1n) is 8.98. The van der Waals surface area contributed by atoms with Crippen LogP contribution < -0.4 is 5.73 Å². The Morgan fingerprint density at radius 2 is 1.81 bits per heavy atom. The van der Waals surface area contributed by atoms with E-state index in [2.05, 4.69) is 15.0 Å². The van der Waals surface area contributed by atoms with Gasteiger partial charge in [0.1, 0.15) is 12.1 Å². The molecule has 0 spiro atoms. The van der Waals surface area contributed by atoms with Crippen LogP contribution in [0.3, 0.4) is 0 Å². The maximum Gasteiger partial charge on any atom is 0.253 e. The number of carbonyl (C=O) groups excluding carboxylic acids is 1. The van der Waals surface area contributed by atoms with Gasteiger partial charge in [0.25, 0.3) is 5.91 Å². The number of pyridine rings is 1. The number of anilines is 1. The van der Waals surface area contributed by atoms with Crippen LogP contribution in [0.15, 0.2) is 48.9 Å². The summed E-state index contributed by atoms with van der Waals surface area (Å²) in [6, 6.07) is 11.2. The summed E-state index contributed by atoms with van der Waals surface area (Å²) >= 11 is 0. The Morgan fingerprint density at radius 3 is 2.48 bits per heavy atom. The van der Waals surface area contributed by atoms with Crippen molar-refractivity contribution in [3.8, 4) is 22.4 Å². The standard InChI is InChI=1S/C21H23N5O/c1-4-26(5-2)21(27)16-8-6-7-15(11-16)20-19(14(3)24-13-25-20)17-9-10-18(22)23-12-17/h6-13H,4-5H2,1-3H3,(H2,22,23). The smallest absolute Gasteiger partial charge is 0.253 e. The van der Waals surface area contributed by atoms with Crippen molar-refractivity contribution in [2.75, 3.05) is 18.8 Å². The van der Waals surface area contributed by atoms with Crippen molar-refractivity contribution in [1.82, 2.24) is 19.9 Å². The highest BCUT2D eigenvalue weighted by Gasteiger charge is 2.17. The first kappa shape index (κ1) is 18.5. The molecule has 0 aliphatic rings. The normalized spacial score (nSPS) is 10.6. The van der Waals surface area contributed by atoms with Gasteiger partial charge in [-0.2, -0.15) is 0 Å². The van der Waals surface area contributed by atoms with Crippen LogP contribution in [-0.2, 0) is 0 Å². The molecule has 27 heavy (non-hydrogen) atoms. The predicted octanol–water partition coefficient (Wildman–Crippen LogP) is 3.58. The van der Waals surface area contributed by atoms with E-state index in [9.17, 15) is 4.79 Å². The molecule has 6 nitrogen and oxygen atoms in total. The lowest BCUT2D eigenvalue weighted by molar-refractivity contribution is 0.0773. The molecule has 2 heterocycles. The lowest BCUT2D eigenvalue weighted by Gasteiger charge is -2.19. The summed E-state index contributed by atoms with van der Waals surface area (Å²) in [7, 11) is 0. The van der Waals surface area contributed by atoms with Crippen LogP contribution in [0.4, 0.5) is 5.82 Å². The Hall–Kier alpha value is -3.28. The summed E-state index contributed by atoms with van der Waals surface area (Å²) in [6.45, 7) is 7.24. The Balaban J connectivity index is 2.10. The number of rotatable bonds is 5. The van der Waals surface area contributed by atoms with Gasteiger partial charge in [-0.15, -0.1) is 0 Å². The van der Waals surface area contributed by atoms with Gasteiger partial charge < -0.3 is 10.6 Å². The molecular weight excluding hydrogens is 338 g/mol. The average molecular weight is 361 g/mol. The zero-order valence-corrected chi connectivity index (χ0v) is 15.8. The lowest BCUT2D eigenvalue weighted by Crippen LogP contribution is -2.30. The average Bonchev–Trinajstić information content (AvgIpc) is 2.69. The molecule has 2 N–H and O–H groups in total. The van der Waals surface area contributed by atoms with Gasteiger partial charge >= 0.3 is 0 Å². The maximum absolute atomic E-state index is 12.7. The molecule has 0 radical (unpaired) electrons. The summed E-state index contributed by atoms with van der Waals surface area (Å²) in [4.78, 5) is 27.5. The fraction of sp³-hybridized carbons (Fsp3) is 0.238. The summed E-state index contributed by atoms with van der Waals surface area (Å²) in [5.41, 5.74) is 10.6. The molecule has 3 aromatic rings. The van der Waals surface area contributed by atoms with Crippen LogP contribution in [0.5, 0.6) is 0 Å². The number of hydrogen-bond donors (Lipinski definition) is 1. The second-order valence-electron chi connectivity index (χ2n) is 6.21. The van der Waals surface area contributed by atoms with Gasteiger partial charge in [-0.3, -0.25) is 4.79 Å². The van der Waals surface area contributed by atoms with Gasteiger partial charge in [0.15, 0.2) is 0 Å². The lowest BCUT2D eigenvalue weighted by atomic mass is 9.98. The summed E-state index contributed by atoms with van der Waals surface area (Å²) in [5, 5.41) is 0. The maximum atomic E-state index is 12.7. The Bertz CT molecular complexity index is 949. The van der Waals surface area contributed by atoms with E-state index in [1.54, 1.807) is 17.2 Å². The highest BCUT2D eigenvalue weighted by molar-refractivity contribution is 5.96. The quantitative estimate of drug-likeness (QED) is 0.751. The van der Waals surface area contributed by atoms with E-state index < -0.39 is 0 Å². The molecule has 1 amide bonds. The number of benzene rings is 1. The minimum atomic E-state index is 0.0170. The predicted molar refractivity (Wildman–Crippen MR) is 107 cm³/mol. The van der Waals surface area contributed by atoms with Gasteiger partial charge in [0.2, 0.25) is 0 Å². The van der Waals surface area contributed by atoms with E-state index in [1.165, 1.54) is 6.33 Å². The van der Waals surface area contributed by atoms with Crippen molar-refractivity contribution in [2.45, 2.75) is 20.8 Å². The number of nitrogens with zero attached hydrogens (tertiary/aromatic N) is 4. The van der Waals surface area contributed by atoms with Crippen molar-refractivity contribution in [3.63, 3.8) is 0 Å². The third-order valence-electron chi connectivity index (χ3n) is 4.55. The fourth-order valence-corrected chi connectivity index (χ4v) is 3.08. The summed E-state index contributed by atoms with van der Waals surface area (Å²) < 4.78 is 0. The molecule has 2 aromatic heterocycles. The highest BCUT2D eigenvalue weighted by Crippen LogP contribution is 2.32. The molecule has 0 bridgehead atoms.